The van der Waals surface area contributed by atoms with Crippen molar-refractivity contribution in [1.29, 1.82) is 0 Å². The molecule has 0 amide bonds. The second-order valence-corrected chi connectivity index (χ2v) is 15.3. The Hall–Kier alpha value is -6.90. The Morgan fingerprint density at radius 3 is 1.80 bits per heavy atom. The van der Waals surface area contributed by atoms with Crippen molar-refractivity contribution in [3.05, 3.63) is 199 Å². The van der Waals surface area contributed by atoms with Crippen LogP contribution in [0.25, 0.3) is 66.1 Å². The van der Waals surface area contributed by atoms with Gasteiger partial charge in [0.15, 0.2) is 5.75 Å². The molecule has 0 N–H and O–H groups in total. The van der Waals surface area contributed by atoms with Gasteiger partial charge in [0.25, 0.3) is 0 Å². The number of nitrogens with zero attached hydrogens (tertiary/aromatic N) is 1. The molecule has 55 heavy (non-hydrogen) atoms. The van der Waals surface area contributed by atoms with E-state index in [1.807, 2.05) is 0 Å². The van der Waals surface area contributed by atoms with Gasteiger partial charge in [-0.2, -0.15) is 0 Å². The molecule has 0 fully saturated rings. The molecule has 0 unspecified atom stereocenters. The lowest BCUT2D eigenvalue weighted by Crippen LogP contribution is -2.16. The zero-order chi connectivity index (χ0) is 36.7. The molecule has 1 aliphatic heterocycles. The fourth-order valence-corrected chi connectivity index (χ4v) is 9.03. The lowest BCUT2D eigenvalue weighted by atomic mass is 9.82. The molecule has 9 aromatic rings. The van der Waals surface area contributed by atoms with Gasteiger partial charge in [0.1, 0.15) is 5.75 Å². The third kappa shape index (κ3) is 4.95. The third-order valence-electron chi connectivity index (χ3n) is 11.8. The van der Waals surface area contributed by atoms with Crippen molar-refractivity contribution in [2.45, 2.75) is 19.3 Å². The van der Waals surface area contributed by atoms with Crippen molar-refractivity contribution in [2.75, 3.05) is 4.90 Å². The Morgan fingerprint density at radius 1 is 0.382 bits per heavy atom. The topological polar surface area (TPSA) is 12.5 Å². The van der Waals surface area contributed by atoms with Crippen LogP contribution in [0.2, 0.25) is 0 Å². The predicted molar refractivity (Wildman–Crippen MR) is 230 cm³/mol. The molecule has 1 aliphatic carbocycles. The molecule has 0 radical (unpaired) electrons. The molecule has 2 nitrogen and oxygen atoms in total. The van der Waals surface area contributed by atoms with Gasteiger partial charge >= 0.3 is 0 Å². The summed E-state index contributed by atoms with van der Waals surface area (Å²) in [6.07, 6.45) is 0. The minimum atomic E-state index is -0.129. The van der Waals surface area contributed by atoms with Crippen LogP contribution in [0.3, 0.4) is 0 Å². The first-order valence-electron chi connectivity index (χ1n) is 19.1. The van der Waals surface area contributed by atoms with E-state index in [0.717, 1.165) is 56.4 Å². The molecular formula is C53H37NO. The molecule has 2 aliphatic rings. The quantitative estimate of drug-likeness (QED) is 0.181. The molecule has 0 atom stereocenters. The van der Waals surface area contributed by atoms with Gasteiger partial charge in [-0.15, -0.1) is 0 Å². The number of para-hydroxylation sites is 2. The summed E-state index contributed by atoms with van der Waals surface area (Å²) in [6, 6.07) is 68.4. The number of anilines is 3. The number of rotatable bonds is 4. The highest BCUT2D eigenvalue weighted by Gasteiger charge is 2.36. The lowest BCUT2D eigenvalue weighted by molar-refractivity contribution is 0.489. The van der Waals surface area contributed by atoms with Gasteiger partial charge in [-0.3, -0.25) is 0 Å². The summed E-state index contributed by atoms with van der Waals surface area (Å²) < 4.78 is 7.27. The second kappa shape index (κ2) is 12.1. The average Bonchev–Trinajstić information content (AvgIpc) is 3.37. The predicted octanol–water partition coefficient (Wildman–Crippen LogP) is 14.9. The zero-order valence-electron chi connectivity index (χ0n) is 30.8. The van der Waals surface area contributed by atoms with Gasteiger partial charge in [0, 0.05) is 27.9 Å². The molecule has 260 valence electrons. The number of hydrogen-bond donors (Lipinski definition) is 0. The van der Waals surface area contributed by atoms with Crippen molar-refractivity contribution in [3.8, 4) is 56.0 Å². The van der Waals surface area contributed by atoms with Crippen molar-refractivity contribution < 1.29 is 4.74 Å². The highest BCUT2D eigenvalue weighted by molar-refractivity contribution is 6.02. The summed E-state index contributed by atoms with van der Waals surface area (Å²) in [4.78, 5) is 2.37. The lowest BCUT2D eigenvalue weighted by Gasteiger charge is -2.30. The Labute approximate surface area is 321 Å². The Kier molecular flexibility index (Phi) is 6.93. The maximum atomic E-state index is 7.27. The maximum Gasteiger partial charge on any atom is 0.159 e. The van der Waals surface area contributed by atoms with E-state index in [1.54, 1.807) is 0 Å². The first kappa shape index (κ1) is 31.6. The molecule has 2 heteroatoms. The number of hydrogen-bond acceptors (Lipinski definition) is 2. The van der Waals surface area contributed by atoms with Gasteiger partial charge in [0.2, 0.25) is 0 Å². The van der Waals surface area contributed by atoms with E-state index in [9.17, 15) is 0 Å². The van der Waals surface area contributed by atoms with E-state index >= 15 is 0 Å². The summed E-state index contributed by atoms with van der Waals surface area (Å²) >= 11 is 0. The van der Waals surface area contributed by atoms with E-state index in [1.165, 1.54) is 49.4 Å². The maximum absolute atomic E-state index is 7.27. The van der Waals surface area contributed by atoms with E-state index in [0.29, 0.717) is 0 Å². The average molecular weight is 704 g/mol. The van der Waals surface area contributed by atoms with E-state index in [-0.39, 0.29) is 5.41 Å². The van der Waals surface area contributed by atoms with Crippen LogP contribution in [0.4, 0.5) is 17.1 Å². The summed E-state index contributed by atoms with van der Waals surface area (Å²) in [6.45, 7) is 4.69. The van der Waals surface area contributed by atoms with Crippen LogP contribution in [0.15, 0.2) is 188 Å². The van der Waals surface area contributed by atoms with Gasteiger partial charge in [0.05, 0.1) is 5.69 Å². The van der Waals surface area contributed by atoms with Crippen LogP contribution < -0.4 is 9.64 Å². The number of benzene rings is 9. The Bertz CT molecular complexity index is 2990. The molecule has 0 saturated carbocycles. The van der Waals surface area contributed by atoms with Crippen molar-refractivity contribution in [3.63, 3.8) is 0 Å². The van der Waals surface area contributed by atoms with Crippen LogP contribution in [0.1, 0.15) is 25.0 Å². The van der Waals surface area contributed by atoms with Gasteiger partial charge in [-0.1, -0.05) is 141 Å². The minimum absolute atomic E-state index is 0.129. The highest BCUT2D eigenvalue weighted by Crippen LogP contribution is 2.55. The van der Waals surface area contributed by atoms with Crippen molar-refractivity contribution >= 4 is 38.6 Å². The van der Waals surface area contributed by atoms with E-state index < -0.39 is 0 Å². The van der Waals surface area contributed by atoms with Crippen molar-refractivity contribution in [1.82, 2.24) is 0 Å². The molecule has 1 heterocycles. The normalized spacial score (nSPS) is 13.2. The van der Waals surface area contributed by atoms with Crippen LogP contribution in [-0.4, -0.2) is 0 Å². The van der Waals surface area contributed by atoms with Crippen LogP contribution in [0.5, 0.6) is 11.5 Å². The summed E-state index contributed by atoms with van der Waals surface area (Å²) in [5.74, 6) is 1.67. The van der Waals surface area contributed by atoms with Crippen molar-refractivity contribution in [2.24, 2.45) is 0 Å². The monoisotopic (exact) mass is 703 g/mol. The Morgan fingerprint density at radius 2 is 1.00 bits per heavy atom. The number of ether oxygens (including phenoxy) is 1. The van der Waals surface area contributed by atoms with E-state index in [4.69, 9.17) is 4.74 Å². The molecule has 0 spiro atoms. The summed E-state index contributed by atoms with van der Waals surface area (Å²) in [7, 11) is 0. The van der Waals surface area contributed by atoms with Crippen LogP contribution >= 0.6 is 0 Å². The molecule has 9 aromatic carbocycles. The zero-order valence-corrected chi connectivity index (χ0v) is 30.8. The van der Waals surface area contributed by atoms with Crippen LogP contribution in [0, 0.1) is 0 Å². The molecule has 11 rings (SSSR count). The Balaban J connectivity index is 1.13. The SMILES string of the molecule is CC1(C)c2ccccc2-c2ccc(N(c3ccccc3)c3cccc4c3Oc3ccc(-c5ccc6ccccc6c5)cc3-c3cc5ccccc5cc3-4)cc21. The number of fused-ring (bicyclic) bond motifs is 10. The van der Waals surface area contributed by atoms with Crippen LogP contribution in [-0.2, 0) is 5.41 Å². The fraction of sp³-hybridized carbons (Fsp3) is 0.0566. The fourth-order valence-electron chi connectivity index (χ4n) is 9.03. The largest absolute Gasteiger partial charge is 0.454 e. The molecule has 0 saturated heterocycles. The first-order chi connectivity index (χ1) is 27.0. The highest BCUT2D eigenvalue weighted by atomic mass is 16.5. The first-order valence-corrected chi connectivity index (χ1v) is 19.1. The van der Waals surface area contributed by atoms with Gasteiger partial charge < -0.3 is 9.64 Å². The van der Waals surface area contributed by atoms with E-state index in [2.05, 4.69) is 207 Å². The minimum Gasteiger partial charge on any atom is -0.454 e. The van der Waals surface area contributed by atoms with Gasteiger partial charge in [-0.05, 0) is 127 Å². The third-order valence-corrected chi connectivity index (χ3v) is 11.8. The summed E-state index contributed by atoms with van der Waals surface area (Å²) in [5.41, 5.74) is 15.2. The second-order valence-electron chi connectivity index (χ2n) is 15.3. The summed E-state index contributed by atoms with van der Waals surface area (Å²) in [5, 5.41) is 4.88. The molecule has 0 bridgehead atoms. The molecular weight excluding hydrogens is 667 g/mol. The standard InChI is InChI=1S/C53H37NO/c1-53(2)48-21-11-10-19-42(48)43-27-26-41(33-49(43)53)54(40-17-4-3-5-18-40)50-22-12-20-44-45-30-36-15-8-9-16-37(36)31-46(45)47-32-39(25-28-51(47)55-52(44)50)38-24-23-34-13-6-7-14-35(34)29-38/h3-33H,1-2H3. The molecule has 0 aromatic heterocycles. The smallest absolute Gasteiger partial charge is 0.159 e. The van der Waals surface area contributed by atoms with Gasteiger partial charge in [-0.25, -0.2) is 0 Å².